The van der Waals surface area contributed by atoms with Crippen LogP contribution in [0.1, 0.15) is 174 Å². The molecule has 1 amide bonds. The lowest BCUT2D eigenvalue weighted by Gasteiger charge is -2.19. The van der Waals surface area contributed by atoms with Crippen LogP contribution in [0.25, 0.3) is 0 Å². The van der Waals surface area contributed by atoms with E-state index in [4.69, 9.17) is 0 Å². The monoisotopic (exact) mass is 550 g/mol. The molecule has 3 N–H and O–H groups in total. The van der Waals surface area contributed by atoms with E-state index in [0.717, 1.165) is 32.1 Å². The van der Waals surface area contributed by atoms with Gasteiger partial charge in [0.05, 0.1) is 18.8 Å². The largest absolute Gasteiger partial charge is 0.394 e. The lowest BCUT2D eigenvalue weighted by molar-refractivity contribution is -0.123. The van der Waals surface area contributed by atoms with Crippen LogP contribution in [0.4, 0.5) is 0 Å². The molecule has 4 nitrogen and oxygen atoms in total. The van der Waals surface area contributed by atoms with E-state index in [1.807, 2.05) is 6.08 Å². The summed E-state index contributed by atoms with van der Waals surface area (Å²) in [5, 5.41) is 22.4. The fraction of sp³-hybridized carbons (Fsp3) is 0.857. The van der Waals surface area contributed by atoms with Crippen LogP contribution >= 0.6 is 0 Å². The molecule has 0 aliphatic heterocycles. The summed E-state index contributed by atoms with van der Waals surface area (Å²) < 4.78 is 0. The second-order valence-electron chi connectivity index (χ2n) is 11.6. The van der Waals surface area contributed by atoms with Crippen molar-refractivity contribution >= 4 is 5.91 Å². The van der Waals surface area contributed by atoms with Gasteiger partial charge in [-0.15, -0.1) is 0 Å². The maximum absolute atomic E-state index is 12.1. The van der Waals surface area contributed by atoms with Crippen LogP contribution < -0.4 is 5.32 Å². The van der Waals surface area contributed by atoms with E-state index in [9.17, 15) is 15.0 Å². The fourth-order valence-corrected chi connectivity index (χ4v) is 4.98. The van der Waals surface area contributed by atoms with Gasteiger partial charge in [0.25, 0.3) is 0 Å². The summed E-state index contributed by atoms with van der Waals surface area (Å²) in [6.45, 7) is 4.16. The van der Waals surface area contributed by atoms with Crippen molar-refractivity contribution in [2.45, 2.75) is 187 Å². The van der Waals surface area contributed by atoms with Crippen LogP contribution in [0.15, 0.2) is 24.3 Å². The highest BCUT2D eigenvalue weighted by Crippen LogP contribution is 2.14. The normalized spacial score (nSPS) is 13.4. The van der Waals surface area contributed by atoms with Gasteiger partial charge in [0.1, 0.15) is 0 Å². The van der Waals surface area contributed by atoms with Crippen molar-refractivity contribution in [1.29, 1.82) is 0 Å². The van der Waals surface area contributed by atoms with Gasteiger partial charge in [0, 0.05) is 6.42 Å². The van der Waals surface area contributed by atoms with E-state index < -0.39 is 12.1 Å². The number of allylic oxidation sites excluding steroid dienone is 3. The van der Waals surface area contributed by atoms with E-state index in [1.54, 1.807) is 6.08 Å². The van der Waals surface area contributed by atoms with Crippen molar-refractivity contribution in [2.75, 3.05) is 6.61 Å². The molecule has 0 saturated heterocycles. The third-order valence-electron chi connectivity index (χ3n) is 7.68. The van der Waals surface area contributed by atoms with Gasteiger partial charge in [0.15, 0.2) is 0 Å². The van der Waals surface area contributed by atoms with Gasteiger partial charge in [-0.3, -0.25) is 4.79 Å². The second kappa shape index (κ2) is 31.4. The van der Waals surface area contributed by atoms with E-state index in [-0.39, 0.29) is 12.5 Å². The van der Waals surface area contributed by atoms with Gasteiger partial charge in [0.2, 0.25) is 5.91 Å². The van der Waals surface area contributed by atoms with Crippen molar-refractivity contribution in [3.8, 4) is 0 Å². The summed E-state index contributed by atoms with van der Waals surface area (Å²) in [4.78, 5) is 12.1. The van der Waals surface area contributed by atoms with Crippen molar-refractivity contribution in [1.82, 2.24) is 5.32 Å². The number of rotatable bonds is 30. The van der Waals surface area contributed by atoms with Gasteiger partial charge < -0.3 is 15.5 Å². The molecule has 39 heavy (non-hydrogen) atoms. The third-order valence-corrected chi connectivity index (χ3v) is 7.68. The van der Waals surface area contributed by atoms with Crippen molar-refractivity contribution in [2.24, 2.45) is 0 Å². The molecule has 0 rings (SSSR count). The Balaban J connectivity index is 3.42. The molecule has 0 spiro atoms. The average molecular weight is 550 g/mol. The van der Waals surface area contributed by atoms with Crippen molar-refractivity contribution in [3.63, 3.8) is 0 Å². The molecule has 0 aliphatic carbocycles. The molecular weight excluding hydrogens is 482 g/mol. The zero-order valence-corrected chi connectivity index (χ0v) is 26.2. The summed E-state index contributed by atoms with van der Waals surface area (Å²) in [5.41, 5.74) is 0. The highest BCUT2D eigenvalue weighted by Gasteiger charge is 2.17. The first-order valence-corrected chi connectivity index (χ1v) is 17.1. The quantitative estimate of drug-likeness (QED) is 0.0617. The first-order chi connectivity index (χ1) is 19.2. The van der Waals surface area contributed by atoms with Crippen LogP contribution in [0.2, 0.25) is 0 Å². The highest BCUT2D eigenvalue weighted by molar-refractivity contribution is 5.76. The number of aliphatic hydroxyl groups excluding tert-OH is 2. The number of amides is 1. The lowest BCUT2D eigenvalue weighted by Crippen LogP contribution is -2.45. The minimum absolute atomic E-state index is 0.0750. The minimum atomic E-state index is -0.831. The van der Waals surface area contributed by atoms with Gasteiger partial charge in [-0.1, -0.05) is 154 Å². The van der Waals surface area contributed by atoms with E-state index in [1.165, 1.54) is 122 Å². The Morgan fingerprint density at radius 3 is 1.46 bits per heavy atom. The highest BCUT2D eigenvalue weighted by atomic mass is 16.3. The SMILES string of the molecule is CCCC/C=C/C(O)C(CO)NC(=O)CCCCCCCCCCCCC/C=C\CCCCCCCCCC. The number of carbonyl (C=O) groups is 1. The molecule has 0 heterocycles. The predicted molar refractivity (Wildman–Crippen MR) is 170 cm³/mol. The minimum Gasteiger partial charge on any atom is -0.394 e. The molecule has 0 bridgehead atoms. The van der Waals surface area contributed by atoms with Crippen molar-refractivity contribution < 1.29 is 15.0 Å². The molecule has 2 atom stereocenters. The van der Waals surface area contributed by atoms with Crippen LogP contribution in [0, 0.1) is 0 Å². The third kappa shape index (κ3) is 28.2. The van der Waals surface area contributed by atoms with Gasteiger partial charge in [-0.05, 0) is 38.5 Å². The standard InChI is InChI=1S/C35H67NO3/c1-3-5-7-9-10-11-12-13-14-15-16-17-18-19-20-21-22-23-24-25-26-27-29-31-35(39)36-33(32-37)34(38)30-28-8-6-4-2/h15-16,28,30,33-34,37-38H,3-14,17-27,29,31-32H2,1-2H3,(H,36,39)/b16-15-,30-28+. The summed E-state index contributed by atoms with van der Waals surface area (Å²) in [5.74, 6) is -0.0750. The Morgan fingerprint density at radius 2 is 1.00 bits per heavy atom. The molecule has 230 valence electrons. The number of nitrogens with one attached hydrogen (secondary N) is 1. The predicted octanol–water partition coefficient (Wildman–Crippen LogP) is 9.73. The summed E-state index contributed by atoms with van der Waals surface area (Å²) in [7, 11) is 0. The summed E-state index contributed by atoms with van der Waals surface area (Å²) in [6.07, 6.45) is 38.8. The van der Waals surface area contributed by atoms with Gasteiger partial charge >= 0.3 is 0 Å². The molecule has 0 saturated carbocycles. The van der Waals surface area contributed by atoms with Gasteiger partial charge in [-0.2, -0.15) is 0 Å². The van der Waals surface area contributed by atoms with Crippen LogP contribution in [-0.2, 0) is 4.79 Å². The van der Waals surface area contributed by atoms with Crippen LogP contribution in [0.5, 0.6) is 0 Å². The number of unbranched alkanes of at least 4 members (excludes halogenated alkanes) is 21. The zero-order valence-electron chi connectivity index (χ0n) is 26.2. The summed E-state index contributed by atoms with van der Waals surface area (Å²) >= 11 is 0. The molecule has 0 aromatic carbocycles. The molecule has 0 aromatic rings. The Labute approximate surface area is 243 Å². The first-order valence-electron chi connectivity index (χ1n) is 17.1. The van der Waals surface area contributed by atoms with E-state index >= 15 is 0 Å². The summed E-state index contributed by atoms with van der Waals surface area (Å²) in [6, 6.07) is -0.614. The Kier molecular flexibility index (Phi) is 30.5. The Bertz CT molecular complexity index is 560. The van der Waals surface area contributed by atoms with E-state index in [0.29, 0.717) is 6.42 Å². The molecule has 0 aromatic heterocycles. The van der Waals surface area contributed by atoms with Crippen molar-refractivity contribution in [3.05, 3.63) is 24.3 Å². The Hall–Kier alpha value is -1.13. The zero-order chi connectivity index (χ0) is 28.7. The first kappa shape index (κ1) is 37.9. The number of aliphatic hydroxyl groups is 2. The second-order valence-corrected chi connectivity index (χ2v) is 11.6. The van der Waals surface area contributed by atoms with Crippen LogP contribution in [-0.4, -0.2) is 34.9 Å². The molecular formula is C35H67NO3. The smallest absolute Gasteiger partial charge is 0.220 e. The number of carbonyl (C=O) groups excluding carboxylic acids is 1. The Morgan fingerprint density at radius 1 is 0.590 bits per heavy atom. The lowest BCUT2D eigenvalue weighted by atomic mass is 10.0. The fourth-order valence-electron chi connectivity index (χ4n) is 4.98. The number of hydrogen-bond donors (Lipinski definition) is 3. The topological polar surface area (TPSA) is 69.6 Å². The van der Waals surface area contributed by atoms with Gasteiger partial charge in [-0.25, -0.2) is 0 Å². The molecule has 0 radical (unpaired) electrons. The van der Waals surface area contributed by atoms with Crippen LogP contribution in [0.3, 0.4) is 0 Å². The number of hydrogen-bond acceptors (Lipinski definition) is 3. The molecule has 0 fully saturated rings. The molecule has 2 unspecified atom stereocenters. The van der Waals surface area contributed by atoms with E-state index in [2.05, 4.69) is 31.3 Å². The average Bonchev–Trinajstić information content (AvgIpc) is 2.94. The molecule has 4 heteroatoms. The maximum atomic E-state index is 12.1. The maximum Gasteiger partial charge on any atom is 0.220 e. The molecule has 0 aliphatic rings.